The molecule has 0 atom stereocenters. The molecule has 0 nitrogen and oxygen atoms in total. The van der Waals surface area contributed by atoms with E-state index in [2.05, 4.69) is 26.0 Å². The smallest absolute Gasteiger partial charge is 0.0348 e. The highest BCUT2D eigenvalue weighted by molar-refractivity contribution is 4.86. The fourth-order valence-corrected chi connectivity index (χ4v) is 1.90. The number of hydrogen-bond acceptors (Lipinski definition) is 0. The average molecular weight is 196 g/mol. The van der Waals surface area contributed by atoms with Crippen molar-refractivity contribution in [2.75, 3.05) is 0 Å². The van der Waals surface area contributed by atoms with Gasteiger partial charge in [0.15, 0.2) is 0 Å². The van der Waals surface area contributed by atoms with Gasteiger partial charge in [-0.3, -0.25) is 0 Å². The molecule has 0 heterocycles. The first kappa shape index (κ1) is 13.7. The second kappa shape index (κ2) is 9.30. The summed E-state index contributed by atoms with van der Waals surface area (Å²) in [6.07, 6.45) is 13.1. The van der Waals surface area contributed by atoms with Crippen molar-refractivity contribution in [2.24, 2.45) is 11.8 Å². The molecule has 1 aliphatic rings. The van der Waals surface area contributed by atoms with Gasteiger partial charge < -0.3 is 0 Å². The van der Waals surface area contributed by atoms with E-state index < -0.39 is 0 Å². The molecular formula is C14H28. The molecule has 0 heteroatoms. The molecule has 0 radical (unpaired) electrons. The lowest BCUT2D eigenvalue weighted by Crippen LogP contribution is -2.00. The van der Waals surface area contributed by atoms with Crippen molar-refractivity contribution in [3.63, 3.8) is 0 Å². The summed E-state index contributed by atoms with van der Waals surface area (Å²) < 4.78 is 0. The molecule has 1 aliphatic carbocycles. The first-order valence-corrected chi connectivity index (χ1v) is 6.44. The van der Waals surface area contributed by atoms with Gasteiger partial charge in [0.25, 0.3) is 0 Å². The first-order valence-electron chi connectivity index (χ1n) is 6.44. The molecule has 0 saturated heterocycles. The summed E-state index contributed by atoms with van der Waals surface area (Å²) in [5.74, 6) is 1.91. The second-order valence-corrected chi connectivity index (χ2v) is 4.46. The van der Waals surface area contributed by atoms with Gasteiger partial charge in [-0.2, -0.15) is 0 Å². The van der Waals surface area contributed by atoms with Crippen LogP contribution in [-0.2, 0) is 0 Å². The lowest BCUT2D eigenvalue weighted by molar-refractivity contribution is 0.388. The molecule has 0 aromatic rings. The van der Waals surface area contributed by atoms with E-state index in [1.54, 1.807) is 0 Å². The van der Waals surface area contributed by atoms with Gasteiger partial charge >= 0.3 is 0 Å². The zero-order valence-electron chi connectivity index (χ0n) is 10.6. The van der Waals surface area contributed by atoms with Gasteiger partial charge in [0, 0.05) is 0 Å². The summed E-state index contributed by atoms with van der Waals surface area (Å²) in [6.45, 7) is 8.66. The van der Waals surface area contributed by atoms with Crippen LogP contribution in [0.25, 0.3) is 0 Å². The Morgan fingerprint density at radius 3 is 2.00 bits per heavy atom. The van der Waals surface area contributed by atoms with Crippen LogP contribution < -0.4 is 0 Å². The Bertz CT molecular complexity index is 123. The normalized spacial score (nSPS) is 17.5. The fraction of sp³-hybridized carbons (Fsp3) is 0.857. The largest absolute Gasteiger partial charge is 0.0885 e. The van der Waals surface area contributed by atoms with E-state index in [0.717, 1.165) is 11.8 Å². The van der Waals surface area contributed by atoms with E-state index in [0.29, 0.717) is 0 Å². The van der Waals surface area contributed by atoms with Crippen LogP contribution in [-0.4, -0.2) is 0 Å². The third-order valence-electron chi connectivity index (χ3n) is 2.80. The molecule has 0 unspecified atom stereocenters. The topological polar surface area (TPSA) is 0 Å². The molecular weight excluding hydrogens is 168 g/mol. The Balaban J connectivity index is 0.000000791. The molecule has 0 aromatic heterocycles. The van der Waals surface area contributed by atoms with E-state index in [1.807, 2.05) is 13.8 Å². The zero-order valence-corrected chi connectivity index (χ0v) is 10.6. The van der Waals surface area contributed by atoms with Crippen molar-refractivity contribution < 1.29 is 0 Å². The van der Waals surface area contributed by atoms with E-state index in [9.17, 15) is 0 Å². The monoisotopic (exact) mass is 196 g/mol. The van der Waals surface area contributed by atoms with Crippen molar-refractivity contribution in [1.82, 2.24) is 0 Å². The second-order valence-electron chi connectivity index (χ2n) is 4.46. The molecule has 0 aliphatic heterocycles. The predicted octanol–water partition coefficient (Wildman–Crippen LogP) is 5.20. The van der Waals surface area contributed by atoms with Crippen LogP contribution >= 0.6 is 0 Å². The lowest BCUT2D eigenvalue weighted by atomic mass is 9.92. The summed E-state index contributed by atoms with van der Waals surface area (Å²) >= 11 is 0. The van der Waals surface area contributed by atoms with E-state index in [4.69, 9.17) is 0 Å². The van der Waals surface area contributed by atoms with Crippen LogP contribution in [0.1, 0.15) is 66.2 Å². The molecule has 84 valence electrons. The first-order chi connectivity index (χ1) is 6.79. The fourth-order valence-electron chi connectivity index (χ4n) is 1.90. The van der Waals surface area contributed by atoms with Gasteiger partial charge in [-0.15, -0.1) is 0 Å². The minimum absolute atomic E-state index is 0.890. The Labute approximate surface area is 90.8 Å². The highest BCUT2D eigenvalue weighted by Crippen LogP contribution is 2.24. The molecule has 0 saturated carbocycles. The predicted molar refractivity (Wildman–Crippen MR) is 66.5 cm³/mol. The third-order valence-corrected chi connectivity index (χ3v) is 2.80. The van der Waals surface area contributed by atoms with Gasteiger partial charge in [0.2, 0.25) is 0 Å². The lowest BCUT2D eigenvalue weighted by Gasteiger charge is -2.14. The van der Waals surface area contributed by atoms with Crippen molar-refractivity contribution in [2.45, 2.75) is 66.2 Å². The summed E-state index contributed by atoms with van der Waals surface area (Å²) in [7, 11) is 0. The minimum Gasteiger partial charge on any atom is -0.0885 e. The Morgan fingerprint density at radius 1 is 1.07 bits per heavy atom. The van der Waals surface area contributed by atoms with E-state index in [-0.39, 0.29) is 0 Å². The zero-order chi connectivity index (χ0) is 10.8. The Kier molecular flexibility index (Phi) is 9.13. The highest BCUT2D eigenvalue weighted by Gasteiger charge is 2.09. The molecule has 0 bridgehead atoms. The van der Waals surface area contributed by atoms with Gasteiger partial charge in [0.1, 0.15) is 0 Å². The molecule has 1 rings (SSSR count). The standard InChI is InChI=1S/C12H22.C2H6/c1-11(2)9-10-12-7-5-3-4-6-8-12;1-2/h3-4,11-12H,5-10H2,1-2H3;1-2H3. The summed E-state index contributed by atoms with van der Waals surface area (Å²) in [5, 5.41) is 0. The molecule has 0 amide bonds. The van der Waals surface area contributed by atoms with Crippen LogP contribution in [0.3, 0.4) is 0 Å². The van der Waals surface area contributed by atoms with Gasteiger partial charge in [-0.1, -0.05) is 52.7 Å². The van der Waals surface area contributed by atoms with E-state index in [1.165, 1.54) is 38.5 Å². The SMILES string of the molecule is CC.CC(C)CCC1CCC=CCC1. The van der Waals surface area contributed by atoms with Crippen LogP contribution in [0.4, 0.5) is 0 Å². The molecule has 14 heavy (non-hydrogen) atoms. The Morgan fingerprint density at radius 2 is 1.57 bits per heavy atom. The van der Waals surface area contributed by atoms with Crippen molar-refractivity contribution in [3.8, 4) is 0 Å². The average Bonchev–Trinajstić information content (AvgIpc) is 2.46. The van der Waals surface area contributed by atoms with Crippen molar-refractivity contribution in [3.05, 3.63) is 12.2 Å². The quantitative estimate of drug-likeness (QED) is 0.545. The third kappa shape index (κ3) is 7.17. The summed E-state index contributed by atoms with van der Waals surface area (Å²) in [4.78, 5) is 0. The van der Waals surface area contributed by atoms with Gasteiger partial charge in [0.05, 0.1) is 0 Å². The van der Waals surface area contributed by atoms with Crippen LogP contribution in [0.5, 0.6) is 0 Å². The van der Waals surface area contributed by atoms with Gasteiger partial charge in [-0.25, -0.2) is 0 Å². The van der Waals surface area contributed by atoms with Crippen LogP contribution in [0.2, 0.25) is 0 Å². The van der Waals surface area contributed by atoms with Crippen molar-refractivity contribution >= 4 is 0 Å². The van der Waals surface area contributed by atoms with Crippen molar-refractivity contribution in [1.29, 1.82) is 0 Å². The minimum atomic E-state index is 0.890. The molecule has 0 spiro atoms. The maximum absolute atomic E-state index is 2.36. The maximum Gasteiger partial charge on any atom is -0.0348 e. The molecule has 0 N–H and O–H groups in total. The van der Waals surface area contributed by atoms with Gasteiger partial charge in [-0.05, 0) is 37.5 Å². The maximum atomic E-state index is 2.36. The number of hydrogen-bond donors (Lipinski definition) is 0. The molecule has 0 fully saturated rings. The number of rotatable bonds is 3. The van der Waals surface area contributed by atoms with E-state index >= 15 is 0 Å². The summed E-state index contributed by atoms with van der Waals surface area (Å²) in [5.41, 5.74) is 0. The summed E-state index contributed by atoms with van der Waals surface area (Å²) in [6, 6.07) is 0. The highest BCUT2D eigenvalue weighted by atomic mass is 14.1. The Hall–Kier alpha value is -0.260. The number of allylic oxidation sites excluding steroid dienone is 2. The molecule has 0 aromatic carbocycles. The van der Waals surface area contributed by atoms with Crippen LogP contribution in [0.15, 0.2) is 12.2 Å². The van der Waals surface area contributed by atoms with Crippen LogP contribution in [0, 0.1) is 11.8 Å².